The summed E-state index contributed by atoms with van der Waals surface area (Å²) in [4.78, 5) is 43.2. The lowest BCUT2D eigenvalue weighted by Crippen LogP contribution is -2.53. The van der Waals surface area contributed by atoms with E-state index in [1.54, 1.807) is 47.0 Å². The number of para-hydroxylation sites is 1. The summed E-state index contributed by atoms with van der Waals surface area (Å²) in [6, 6.07) is 11.7. The van der Waals surface area contributed by atoms with Crippen molar-refractivity contribution in [3.05, 3.63) is 53.1 Å². The molecule has 3 aliphatic rings. The number of halogens is 2. The van der Waals surface area contributed by atoms with Gasteiger partial charge >= 0.3 is 0 Å². The highest BCUT2D eigenvalue weighted by Gasteiger charge is 2.75. The van der Waals surface area contributed by atoms with Crippen LogP contribution in [0, 0.1) is 18.8 Å². The van der Waals surface area contributed by atoms with Gasteiger partial charge in [0, 0.05) is 28.9 Å². The fourth-order valence-electron chi connectivity index (χ4n) is 6.22. The second kappa shape index (κ2) is 11.3. The van der Waals surface area contributed by atoms with Crippen LogP contribution in [0.5, 0.6) is 5.75 Å². The minimum absolute atomic E-state index is 0.0437. The number of thioether (sulfide) groups is 1. The zero-order chi connectivity index (χ0) is 27.9. The molecule has 8 nitrogen and oxygen atoms in total. The zero-order valence-electron chi connectivity index (χ0n) is 21.7. The maximum absolute atomic E-state index is 14.0. The van der Waals surface area contributed by atoms with E-state index in [0.29, 0.717) is 41.6 Å². The summed E-state index contributed by atoms with van der Waals surface area (Å²) in [6.07, 6.45) is 0.902. The number of likely N-dealkylation sites (tertiary alicyclic amines) is 1. The molecule has 0 aliphatic carbocycles. The Hall–Kier alpha value is -2.27. The summed E-state index contributed by atoms with van der Waals surface area (Å²) >= 11 is 11.7. The lowest BCUT2D eigenvalue weighted by atomic mass is 9.70. The average Bonchev–Trinajstić information content (AvgIpc) is 3.49. The zero-order valence-corrected chi connectivity index (χ0v) is 24.8. The predicted molar refractivity (Wildman–Crippen MR) is 157 cm³/mol. The highest BCUT2D eigenvalue weighted by atomic mass is 79.9. The van der Waals surface area contributed by atoms with Gasteiger partial charge < -0.3 is 25.4 Å². The molecule has 3 amide bonds. The van der Waals surface area contributed by atoms with E-state index in [1.165, 1.54) is 0 Å². The summed E-state index contributed by atoms with van der Waals surface area (Å²) < 4.78 is 4.70. The van der Waals surface area contributed by atoms with Crippen LogP contribution < -0.4 is 15.4 Å². The number of amides is 3. The molecule has 0 saturated carbocycles. The normalized spacial score (nSPS) is 28.9. The molecule has 1 spiro atoms. The maximum atomic E-state index is 14.0. The number of nitrogens with one attached hydrogen (secondary N) is 2. The number of carbonyl (C=O) groups excluding carboxylic acids is 3. The molecule has 2 aromatic carbocycles. The molecule has 11 heteroatoms. The van der Waals surface area contributed by atoms with E-state index in [1.807, 2.05) is 26.0 Å². The number of aliphatic hydroxyl groups excluding tert-OH is 1. The van der Waals surface area contributed by atoms with Crippen LogP contribution in [0.3, 0.4) is 0 Å². The summed E-state index contributed by atoms with van der Waals surface area (Å²) in [6.45, 7) is 4.41. The molecular formula is C28H31BrClN3O5S. The summed E-state index contributed by atoms with van der Waals surface area (Å²) in [5, 5.41) is 15.8. The van der Waals surface area contributed by atoms with Crippen LogP contribution in [-0.2, 0) is 14.4 Å². The monoisotopic (exact) mass is 635 g/mol. The molecule has 3 fully saturated rings. The predicted octanol–water partition coefficient (Wildman–Crippen LogP) is 4.47. The Morgan fingerprint density at radius 3 is 2.62 bits per heavy atom. The van der Waals surface area contributed by atoms with Crippen molar-refractivity contribution in [2.75, 3.05) is 30.4 Å². The van der Waals surface area contributed by atoms with Crippen molar-refractivity contribution < 1.29 is 24.2 Å². The van der Waals surface area contributed by atoms with Crippen molar-refractivity contribution >= 4 is 68.4 Å². The van der Waals surface area contributed by atoms with Crippen molar-refractivity contribution in [3.63, 3.8) is 0 Å². The van der Waals surface area contributed by atoms with Gasteiger partial charge in [-0.25, -0.2) is 0 Å². The Morgan fingerprint density at radius 1 is 1.21 bits per heavy atom. The minimum atomic E-state index is -0.810. The van der Waals surface area contributed by atoms with Gasteiger partial charge in [0.05, 0.1) is 33.9 Å². The highest BCUT2D eigenvalue weighted by molar-refractivity contribution is 9.09. The van der Waals surface area contributed by atoms with Crippen molar-refractivity contribution in [1.29, 1.82) is 0 Å². The SMILES string of the molecule is CCOc1ccc(NC(=O)[C@H]2[C@@H]3SC4(CC3Br)C(C(=O)Nc3c(C)cccc3Cl)N(CCCO)C(=O)[C@H]24)cc1. The van der Waals surface area contributed by atoms with E-state index < -0.39 is 22.6 Å². The van der Waals surface area contributed by atoms with Gasteiger partial charge in [-0.3, -0.25) is 14.4 Å². The van der Waals surface area contributed by atoms with Gasteiger partial charge in [0.15, 0.2) is 0 Å². The number of ether oxygens (including phenoxy) is 1. The van der Waals surface area contributed by atoms with Gasteiger partial charge in [0.25, 0.3) is 0 Å². The Bertz CT molecular complexity index is 1260. The van der Waals surface area contributed by atoms with E-state index in [4.69, 9.17) is 16.3 Å². The second-order valence-electron chi connectivity index (χ2n) is 10.1. The van der Waals surface area contributed by atoms with Crippen LogP contribution in [0.1, 0.15) is 25.3 Å². The third kappa shape index (κ3) is 4.94. The molecule has 208 valence electrons. The van der Waals surface area contributed by atoms with Crippen LogP contribution in [0.2, 0.25) is 5.02 Å². The first-order valence-corrected chi connectivity index (χ1v) is 15.2. The molecule has 3 saturated heterocycles. The van der Waals surface area contributed by atoms with E-state index >= 15 is 0 Å². The van der Waals surface area contributed by atoms with Gasteiger partial charge in [-0.2, -0.15) is 0 Å². The molecule has 39 heavy (non-hydrogen) atoms. The quantitative estimate of drug-likeness (QED) is 0.351. The number of rotatable bonds is 9. The lowest BCUT2D eigenvalue weighted by molar-refractivity contribution is -0.138. The Kier molecular flexibility index (Phi) is 8.20. The molecule has 6 atom stereocenters. The van der Waals surface area contributed by atoms with Gasteiger partial charge in [0.1, 0.15) is 11.8 Å². The van der Waals surface area contributed by atoms with Crippen LogP contribution in [0.25, 0.3) is 0 Å². The average molecular weight is 637 g/mol. The molecule has 2 aromatic rings. The summed E-state index contributed by atoms with van der Waals surface area (Å²) in [5.74, 6) is -1.37. The van der Waals surface area contributed by atoms with Gasteiger partial charge in [-0.05, 0) is 62.6 Å². The number of aliphatic hydroxyl groups is 1. The summed E-state index contributed by atoms with van der Waals surface area (Å²) in [7, 11) is 0. The van der Waals surface area contributed by atoms with Crippen LogP contribution >= 0.6 is 39.3 Å². The minimum Gasteiger partial charge on any atom is -0.494 e. The molecule has 0 radical (unpaired) electrons. The third-order valence-corrected chi connectivity index (χ3v) is 11.3. The molecule has 5 rings (SSSR count). The first-order valence-electron chi connectivity index (χ1n) is 13.0. The third-order valence-electron chi connectivity index (χ3n) is 7.80. The molecule has 3 N–H and O–H groups in total. The number of fused-ring (bicyclic) bond motifs is 1. The number of alkyl halides is 1. The number of carbonyl (C=O) groups is 3. The number of hydrogen-bond donors (Lipinski definition) is 3. The Labute approximate surface area is 245 Å². The van der Waals surface area contributed by atoms with Gasteiger partial charge in [-0.15, -0.1) is 11.8 Å². The highest BCUT2D eigenvalue weighted by Crippen LogP contribution is 2.67. The molecule has 3 heterocycles. The number of benzene rings is 2. The van der Waals surface area contributed by atoms with Gasteiger partial charge in [-0.1, -0.05) is 39.7 Å². The Morgan fingerprint density at radius 2 is 1.95 bits per heavy atom. The lowest BCUT2D eigenvalue weighted by Gasteiger charge is -2.35. The molecule has 3 aliphatic heterocycles. The largest absolute Gasteiger partial charge is 0.494 e. The fourth-order valence-corrected chi connectivity index (χ4v) is 10.1. The fraction of sp³-hybridized carbons (Fsp3) is 0.464. The van der Waals surface area contributed by atoms with Crippen molar-refractivity contribution in [2.45, 2.75) is 47.6 Å². The number of aryl methyl sites for hydroxylation is 1. The van der Waals surface area contributed by atoms with Crippen LogP contribution in [0.15, 0.2) is 42.5 Å². The van der Waals surface area contributed by atoms with Crippen molar-refractivity contribution in [3.8, 4) is 5.75 Å². The maximum Gasteiger partial charge on any atom is 0.248 e. The first-order chi connectivity index (χ1) is 18.7. The smallest absolute Gasteiger partial charge is 0.248 e. The van der Waals surface area contributed by atoms with Crippen LogP contribution in [-0.4, -0.2) is 68.4 Å². The number of anilines is 2. The van der Waals surface area contributed by atoms with Crippen LogP contribution in [0.4, 0.5) is 11.4 Å². The topological polar surface area (TPSA) is 108 Å². The standard InChI is InChI=1S/C28H31BrClN3O5S/c1-3-38-17-10-8-16(9-11-17)31-25(35)20-21-27(37)33(12-5-13-34)24(28(21)14-18(29)23(20)39-28)26(36)32-22-15(2)6-4-7-19(22)30/h4,6-11,18,20-21,23-24,34H,3,5,12-14H2,1-2H3,(H,31,35)(H,32,36)/t18?,20-,21+,23-,24?,28?/m1/s1. The second-order valence-corrected chi connectivity index (χ2v) is 13.3. The molecular weight excluding hydrogens is 606 g/mol. The van der Waals surface area contributed by atoms with E-state index in [9.17, 15) is 19.5 Å². The van der Waals surface area contributed by atoms with Crippen molar-refractivity contribution in [1.82, 2.24) is 4.90 Å². The molecule has 2 bridgehead atoms. The Balaban J connectivity index is 1.46. The number of nitrogens with zero attached hydrogens (tertiary/aromatic N) is 1. The first kappa shape index (κ1) is 28.3. The van der Waals surface area contributed by atoms with E-state index in [-0.39, 0.29) is 41.0 Å². The summed E-state index contributed by atoms with van der Waals surface area (Å²) in [5.41, 5.74) is 1.93. The molecule has 0 aromatic heterocycles. The van der Waals surface area contributed by atoms with E-state index in [2.05, 4.69) is 26.6 Å². The number of hydrogen-bond acceptors (Lipinski definition) is 6. The van der Waals surface area contributed by atoms with E-state index in [0.717, 1.165) is 5.56 Å². The van der Waals surface area contributed by atoms with Crippen molar-refractivity contribution in [2.24, 2.45) is 11.8 Å². The van der Waals surface area contributed by atoms with Gasteiger partial charge in [0.2, 0.25) is 17.7 Å². The molecule has 3 unspecified atom stereocenters.